The third-order valence-corrected chi connectivity index (χ3v) is 2.84. The zero-order valence-corrected chi connectivity index (χ0v) is 9.28. The molecule has 1 aromatic rings. The van der Waals surface area contributed by atoms with Gasteiger partial charge in [0, 0.05) is 12.7 Å². The molecular formula is C12H15NO2. The molecule has 0 saturated carbocycles. The van der Waals surface area contributed by atoms with E-state index in [2.05, 4.69) is 0 Å². The van der Waals surface area contributed by atoms with Gasteiger partial charge >= 0.3 is 0 Å². The molecule has 0 fully saturated rings. The fourth-order valence-electron chi connectivity index (χ4n) is 1.98. The summed E-state index contributed by atoms with van der Waals surface area (Å²) in [6.07, 6.45) is 0. The van der Waals surface area contributed by atoms with Gasteiger partial charge in [-0.25, -0.2) is 0 Å². The summed E-state index contributed by atoms with van der Waals surface area (Å²) in [5, 5.41) is 0. The molecule has 80 valence electrons. The molecule has 1 atom stereocenters. The average molecular weight is 205 g/mol. The van der Waals surface area contributed by atoms with Crippen LogP contribution in [0.1, 0.15) is 25.3 Å². The smallest absolute Gasteiger partial charge is 0.234 e. The van der Waals surface area contributed by atoms with Crippen LogP contribution >= 0.6 is 0 Å². The molecule has 2 rings (SSSR count). The number of carbonyl (C=O) groups is 1. The van der Waals surface area contributed by atoms with Crippen molar-refractivity contribution < 1.29 is 9.53 Å². The fraction of sp³-hybridized carbons (Fsp3) is 0.417. The molecule has 0 spiro atoms. The van der Waals surface area contributed by atoms with E-state index in [0.29, 0.717) is 6.61 Å². The summed E-state index contributed by atoms with van der Waals surface area (Å²) in [4.78, 5) is 13.4. The lowest BCUT2D eigenvalue weighted by atomic mass is 10.0. The summed E-state index contributed by atoms with van der Waals surface area (Å²) < 4.78 is 5.42. The van der Waals surface area contributed by atoms with Crippen molar-refractivity contribution in [3.8, 4) is 5.75 Å². The maximum Gasteiger partial charge on any atom is 0.234 e. The maximum absolute atomic E-state index is 11.7. The van der Waals surface area contributed by atoms with Crippen molar-refractivity contribution >= 4 is 11.6 Å². The molecular weight excluding hydrogens is 190 g/mol. The van der Waals surface area contributed by atoms with Crippen LogP contribution in [0.5, 0.6) is 5.75 Å². The minimum atomic E-state index is -0.0505. The second-order valence-electron chi connectivity index (χ2n) is 3.77. The van der Waals surface area contributed by atoms with Crippen LogP contribution in [0.2, 0.25) is 0 Å². The molecule has 0 N–H and O–H groups in total. The Morgan fingerprint density at radius 2 is 2.20 bits per heavy atom. The third kappa shape index (κ3) is 1.48. The highest BCUT2D eigenvalue weighted by atomic mass is 16.5. The van der Waals surface area contributed by atoms with Crippen LogP contribution in [-0.4, -0.2) is 19.6 Å². The Morgan fingerprint density at radius 1 is 1.47 bits per heavy atom. The van der Waals surface area contributed by atoms with E-state index in [9.17, 15) is 4.79 Å². The molecule has 1 aromatic carbocycles. The molecule has 0 aliphatic carbocycles. The van der Waals surface area contributed by atoms with Crippen molar-refractivity contribution in [2.45, 2.75) is 19.8 Å². The van der Waals surface area contributed by atoms with Crippen LogP contribution in [0.15, 0.2) is 18.2 Å². The highest BCUT2D eigenvalue weighted by molar-refractivity contribution is 6.04. The zero-order chi connectivity index (χ0) is 11.0. The van der Waals surface area contributed by atoms with E-state index in [1.807, 2.05) is 39.1 Å². The number of likely N-dealkylation sites (N-methyl/N-ethyl adjacent to an activating group) is 1. The van der Waals surface area contributed by atoms with Gasteiger partial charge in [-0.05, 0) is 37.6 Å². The van der Waals surface area contributed by atoms with E-state index in [-0.39, 0.29) is 11.8 Å². The van der Waals surface area contributed by atoms with Crippen molar-refractivity contribution in [2.24, 2.45) is 0 Å². The van der Waals surface area contributed by atoms with Crippen LogP contribution in [-0.2, 0) is 4.79 Å². The van der Waals surface area contributed by atoms with Crippen LogP contribution in [0.25, 0.3) is 0 Å². The lowest BCUT2D eigenvalue weighted by Gasteiger charge is -2.10. The summed E-state index contributed by atoms with van der Waals surface area (Å²) in [6, 6.07) is 5.82. The first kappa shape index (κ1) is 10.0. The number of amides is 1. The van der Waals surface area contributed by atoms with Gasteiger partial charge in [0.2, 0.25) is 5.91 Å². The Morgan fingerprint density at radius 3 is 2.87 bits per heavy atom. The van der Waals surface area contributed by atoms with Gasteiger partial charge in [0.25, 0.3) is 0 Å². The van der Waals surface area contributed by atoms with Gasteiger partial charge in [-0.15, -0.1) is 0 Å². The van der Waals surface area contributed by atoms with Crippen molar-refractivity contribution in [3.63, 3.8) is 0 Å². The van der Waals surface area contributed by atoms with Gasteiger partial charge in [0.05, 0.1) is 12.5 Å². The molecule has 0 unspecified atom stereocenters. The number of hydrogen-bond acceptors (Lipinski definition) is 2. The van der Waals surface area contributed by atoms with Gasteiger partial charge in [-0.1, -0.05) is 0 Å². The first-order chi connectivity index (χ1) is 7.15. The maximum atomic E-state index is 11.7. The number of carbonyl (C=O) groups excluding carboxylic acids is 1. The Balaban J connectivity index is 2.42. The Kier molecular flexibility index (Phi) is 2.39. The molecule has 1 heterocycles. The predicted octanol–water partition coefficient (Wildman–Crippen LogP) is 2.17. The van der Waals surface area contributed by atoms with E-state index < -0.39 is 0 Å². The number of ether oxygens (including phenoxy) is 1. The minimum absolute atomic E-state index is 0.0505. The van der Waals surface area contributed by atoms with Crippen molar-refractivity contribution in [1.82, 2.24) is 0 Å². The predicted molar refractivity (Wildman–Crippen MR) is 59.4 cm³/mol. The van der Waals surface area contributed by atoms with E-state index in [1.54, 1.807) is 4.90 Å². The largest absolute Gasteiger partial charge is 0.494 e. The van der Waals surface area contributed by atoms with Gasteiger partial charge in [-0.3, -0.25) is 4.79 Å². The number of benzene rings is 1. The Hall–Kier alpha value is -1.51. The molecule has 1 aliphatic rings. The van der Waals surface area contributed by atoms with Crippen molar-refractivity contribution in [2.75, 3.05) is 18.6 Å². The van der Waals surface area contributed by atoms with Crippen molar-refractivity contribution in [3.05, 3.63) is 23.8 Å². The van der Waals surface area contributed by atoms with Gasteiger partial charge in [-0.2, -0.15) is 0 Å². The summed E-state index contributed by atoms with van der Waals surface area (Å²) in [5.74, 6) is 0.940. The monoisotopic (exact) mass is 205 g/mol. The molecule has 3 nitrogen and oxygen atoms in total. The Bertz CT molecular complexity index is 401. The third-order valence-electron chi connectivity index (χ3n) is 2.84. The second-order valence-corrected chi connectivity index (χ2v) is 3.77. The highest BCUT2D eigenvalue weighted by Gasteiger charge is 2.31. The molecule has 0 bridgehead atoms. The van der Waals surface area contributed by atoms with E-state index in [4.69, 9.17) is 4.74 Å². The van der Waals surface area contributed by atoms with E-state index >= 15 is 0 Å². The molecule has 1 aliphatic heterocycles. The molecule has 1 amide bonds. The number of fused-ring (bicyclic) bond motifs is 1. The summed E-state index contributed by atoms with van der Waals surface area (Å²) in [7, 11) is 1.81. The van der Waals surface area contributed by atoms with E-state index in [1.165, 1.54) is 0 Å². The molecule has 3 heteroatoms. The molecule has 0 aromatic heterocycles. The van der Waals surface area contributed by atoms with Gasteiger partial charge in [0.15, 0.2) is 0 Å². The standard InChI is InChI=1S/C12H15NO2/c1-4-15-9-5-6-11-10(7-9)8(2)12(14)13(11)3/h5-8H,4H2,1-3H3/t8-/m0/s1. The number of nitrogens with zero attached hydrogens (tertiary/aromatic N) is 1. The lowest BCUT2D eigenvalue weighted by molar-refractivity contribution is -0.118. The number of hydrogen-bond donors (Lipinski definition) is 0. The minimum Gasteiger partial charge on any atom is -0.494 e. The topological polar surface area (TPSA) is 29.5 Å². The summed E-state index contributed by atoms with van der Waals surface area (Å²) in [5.41, 5.74) is 2.06. The quantitative estimate of drug-likeness (QED) is 0.740. The normalized spacial score (nSPS) is 19.3. The zero-order valence-electron chi connectivity index (χ0n) is 9.28. The first-order valence-electron chi connectivity index (χ1n) is 5.19. The SMILES string of the molecule is CCOc1ccc2c(c1)[C@H](C)C(=O)N2C. The van der Waals surface area contributed by atoms with Gasteiger partial charge < -0.3 is 9.64 Å². The molecule has 0 radical (unpaired) electrons. The molecule has 0 saturated heterocycles. The van der Waals surface area contributed by atoms with Crippen LogP contribution < -0.4 is 9.64 Å². The first-order valence-corrected chi connectivity index (χ1v) is 5.19. The van der Waals surface area contributed by atoms with Crippen LogP contribution in [0, 0.1) is 0 Å². The fourth-order valence-corrected chi connectivity index (χ4v) is 1.98. The second kappa shape index (κ2) is 3.57. The van der Waals surface area contributed by atoms with Crippen molar-refractivity contribution in [1.29, 1.82) is 0 Å². The Labute approximate surface area is 89.7 Å². The summed E-state index contributed by atoms with van der Waals surface area (Å²) >= 11 is 0. The highest BCUT2D eigenvalue weighted by Crippen LogP contribution is 2.38. The number of rotatable bonds is 2. The van der Waals surface area contributed by atoms with Gasteiger partial charge in [0.1, 0.15) is 5.75 Å². The van der Waals surface area contributed by atoms with Crippen LogP contribution in [0.4, 0.5) is 5.69 Å². The number of anilines is 1. The summed E-state index contributed by atoms with van der Waals surface area (Å²) in [6.45, 7) is 4.53. The van der Waals surface area contributed by atoms with E-state index in [0.717, 1.165) is 17.0 Å². The average Bonchev–Trinajstić information content (AvgIpc) is 2.45. The van der Waals surface area contributed by atoms with Crippen LogP contribution in [0.3, 0.4) is 0 Å². The lowest BCUT2D eigenvalue weighted by Crippen LogP contribution is -2.22. The molecule has 15 heavy (non-hydrogen) atoms.